The van der Waals surface area contributed by atoms with Crippen molar-refractivity contribution < 1.29 is 9.47 Å². The largest absolute Gasteiger partial charge is 0.493 e. The SMILES string of the molecule is CCCNCc1cc(Cl)cc(OC)c1OCc1ccccc1.Cl. The molecule has 0 spiro atoms. The highest BCUT2D eigenvalue weighted by Gasteiger charge is 2.13. The van der Waals surface area contributed by atoms with E-state index in [2.05, 4.69) is 12.2 Å². The quantitative estimate of drug-likeness (QED) is 0.686. The van der Waals surface area contributed by atoms with Crippen LogP contribution >= 0.6 is 24.0 Å². The van der Waals surface area contributed by atoms with Crippen LogP contribution in [0, 0.1) is 0 Å². The number of halogens is 2. The van der Waals surface area contributed by atoms with Crippen molar-refractivity contribution in [2.45, 2.75) is 26.5 Å². The van der Waals surface area contributed by atoms with Crippen LogP contribution in [0.5, 0.6) is 11.5 Å². The average molecular weight is 356 g/mol. The van der Waals surface area contributed by atoms with Crippen molar-refractivity contribution in [1.29, 1.82) is 0 Å². The Kier molecular flexibility index (Phi) is 8.85. The van der Waals surface area contributed by atoms with Gasteiger partial charge in [0.15, 0.2) is 11.5 Å². The molecule has 0 aromatic heterocycles. The molecule has 3 nitrogen and oxygen atoms in total. The molecule has 5 heteroatoms. The molecular weight excluding hydrogens is 333 g/mol. The number of rotatable bonds is 8. The maximum absolute atomic E-state index is 6.17. The molecule has 2 aromatic rings. The van der Waals surface area contributed by atoms with Crippen molar-refractivity contribution in [3.63, 3.8) is 0 Å². The Morgan fingerprint density at radius 2 is 1.87 bits per heavy atom. The van der Waals surface area contributed by atoms with Gasteiger partial charge in [-0.25, -0.2) is 0 Å². The zero-order valence-electron chi connectivity index (χ0n) is 13.5. The summed E-state index contributed by atoms with van der Waals surface area (Å²) in [5.41, 5.74) is 2.13. The second-order valence-electron chi connectivity index (χ2n) is 5.05. The molecule has 0 aliphatic heterocycles. The lowest BCUT2D eigenvalue weighted by atomic mass is 10.1. The van der Waals surface area contributed by atoms with E-state index in [4.69, 9.17) is 21.1 Å². The molecule has 0 atom stereocenters. The van der Waals surface area contributed by atoms with Crippen LogP contribution in [0.3, 0.4) is 0 Å². The highest BCUT2D eigenvalue weighted by atomic mass is 35.5. The summed E-state index contributed by atoms with van der Waals surface area (Å²) in [4.78, 5) is 0. The van der Waals surface area contributed by atoms with Crippen LogP contribution in [0.2, 0.25) is 5.02 Å². The topological polar surface area (TPSA) is 30.5 Å². The summed E-state index contributed by atoms with van der Waals surface area (Å²) in [6.45, 7) is 4.29. The Labute approximate surface area is 149 Å². The Bertz CT molecular complexity index is 591. The molecule has 0 radical (unpaired) electrons. The molecule has 0 saturated heterocycles. The van der Waals surface area contributed by atoms with Crippen LogP contribution in [-0.2, 0) is 13.2 Å². The maximum atomic E-state index is 6.17. The summed E-state index contributed by atoms with van der Waals surface area (Å²) >= 11 is 6.17. The average Bonchev–Trinajstić information content (AvgIpc) is 2.54. The molecular formula is C18H23Cl2NO2. The van der Waals surface area contributed by atoms with E-state index in [0.29, 0.717) is 23.9 Å². The maximum Gasteiger partial charge on any atom is 0.166 e. The summed E-state index contributed by atoms with van der Waals surface area (Å²) in [6, 6.07) is 13.8. The molecule has 23 heavy (non-hydrogen) atoms. The first-order chi connectivity index (χ1) is 10.7. The van der Waals surface area contributed by atoms with Gasteiger partial charge in [0, 0.05) is 23.2 Å². The predicted octanol–water partition coefficient (Wildman–Crippen LogP) is 4.85. The number of benzene rings is 2. The summed E-state index contributed by atoms with van der Waals surface area (Å²) in [5, 5.41) is 4.02. The van der Waals surface area contributed by atoms with E-state index >= 15 is 0 Å². The fourth-order valence-corrected chi connectivity index (χ4v) is 2.43. The molecule has 0 bridgehead atoms. The van der Waals surface area contributed by atoms with Gasteiger partial charge >= 0.3 is 0 Å². The van der Waals surface area contributed by atoms with Crippen molar-refractivity contribution in [2.24, 2.45) is 0 Å². The second-order valence-corrected chi connectivity index (χ2v) is 5.48. The van der Waals surface area contributed by atoms with Gasteiger partial charge in [-0.05, 0) is 24.6 Å². The molecule has 0 saturated carbocycles. The van der Waals surface area contributed by atoms with Crippen molar-refractivity contribution in [3.05, 3.63) is 58.6 Å². The van der Waals surface area contributed by atoms with Crippen molar-refractivity contribution in [1.82, 2.24) is 5.32 Å². The highest BCUT2D eigenvalue weighted by molar-refractivity contribution is 6.30. The van der Waals surface area contributed by atoms with Gasteiger partial charge in [-0.2, -0.15) is 0 Å². The van der Waals surface area contributed by atoms with Gasteiger partial charge in [0.05, 0.1) is 7.11 Å². The van der Waals surface area contributed by atoms with E-state index in [1.54, 1.807) is 13.2 Å². The van der Waals surface area contributed by atoms with E-state index in [-0.39, 0.29) is 12.4 Å². The molecule has 126 valence electrons. The Hall–Kier alpha value is -1.42. The van der Waals surface area contributed by atoms with E-state index in [1.807, 2.05) is 36.4 Å². The second kappa shape index (κ2) is 10.4. The first kappa shape index (κ1) is 19.6. The minimum atomic E-state index is 0. The Morgan fingerprint density at radius 3 is 2.52 bits per heavy atom. The molecule has 2 rings (SSSR count). The van der Waals surface area contributed by atoms with Gasteiger partial charge in [-0.15, -0.1) is 12.4 Å². The standard InChI is InChI=1S/C18H22ClNO2.ClH/c1-3-9-20-12-15-10-16(19)11-17(21-2)18(15)22-13-14-7-5-4-6-8-14;/h4-8,10-11,20H,3,9,12-13H2,1-2H3;1H. The molecule has 0 heterocycles. The van der Waals surface area contributed by atoms with Gasteiger partial charge in [0.2, 0.25) is 0 Å². The minimum absolute atomic E-state index is 0. The normalized spacial score (nSPS) is 10.0. The summed E-state index contributed by atoms with van der Waals surface area (Å²) < 4.78 is 11.4. The number of nitrogens with one attached hydrogen (secondary N) is 1. The zero-order valence-corrected chi connectivity index (χ0v) is 15.0. The van der Waals surface area contributed by atoms with Gasteiger partial charge < -0.3 is 14.8 Å². The van der Waals surface area contributed by atoms with Crippen molar-refractivity contribution >= 4 is 24.0 Å². The van der Waals surface area contributed by atoms with Gasteiger partial charge in [0.25, 0.3) is 0 Å². The van der Waals surface area contributed by atoms with E-state index in [1.165, 1.54) is 0 Å². The van der Waals surface area contributed by atoms with Crippen LogP contribution in [0.4, 0.5) is 0 Å². The lowest BCUT2D eigenvalue weighted by Gasteiger charge is -2.16. The smallest absolute Gasteiger partial charge is 0.166 e. The predicted molar refractivity (Wildman–Crippen MR) is 98.0 cm³/mol. The van der Waals surface area contributed by atoms with Crippen molar-refractivity contribution in [3.8, 4) is 11.5 Å². The van der Waals surface area contributed by atoms with Gasteiger partial charge in [-0.1, -0.05) is 48.9 Å². The molecule has 0 amide bonds. The monoisotopic (exact) mass is 355 g/mol. The van der Waals surface area contributed by atoms with Gasteiger partial charge in [0.1, 0.15) is 6.61 Å². The summed E-state index contributed by atoms with van der Waals surface area (Å²) in [5.74, 6) is 1.41. The third-order valence-corrected chi connectivity index (χ3v) is 3.50. The molecule has 0 fully saturated rings. The van der Waals surface area contributed by atoms with Crippen LogP contribution in [0.15, 0.2) is 42.5 Å². The summed E-state index contributed by atoms with van der Waals surface area (Å²) in [7, 11) is 1.63. The molecule has 0 aliphatic rings. The van der Waals surface area contributed by atoms with E-state index in [9.17, 15) is 0 Å². The fourth-order valence-electron chi connectivity index (χ4n) is 2.20. The lowest BCUT2D eigenvalue weighted by Crippen LogP contribution is -2.15. The first-order valence-corrected chi connectivity index (χ1v) is 7.86. The zero-order chi connectivity index (χ0) is 15.8. The van der Waals surface area contributed by atoms with Crippen molar-refractivity contribution in [2.75, 3.05) is 13.7 Å². The highest BCUT2D eigenvalue weighted by Crippen LogP contribution is 2.35. The first-order valence-electron chi connectivity index (χ1n) is 7.48. The minimum Gasteiger partial charge on any atom is -0.493 e. The Morgan fingerprint density at radius 1 is 1.13 bits per heavy atom. The Balaban J connectivity index is 0.00000264. The number of ether oxygens (including phenoxy) is 2. The lowest BCUT2D eigenvalue weighted by molar-refractivity contribution is 0.280. The van der Waals surface area contributed by atoms with Crippen LogP contribution in [-0.4, -0.2) is 13.7 Å². The summed E-state index contributed by atoms with van der Waals surface area (Å²) in [6.07, 6.45) is 1.08. The third-order valence-electron chi connectivity index (χ3n) is 3.28. The number of hydrogen-bond acceptors (Lipinski definition) is 3. The molecule has 2 aromatic carbocycles. The molecule has 0 unspecified atom stereocenters. The van der Waals surface area contributed by atoms with Crippen LogP contribution in [0.25, 0.3) is 0 Å². The number of hydrogen-bond donors (Lipinski definition) is 1. The van der Waals surface area contributed by atoms with Gasteiger partial charge in [-0.3, -0.25) is 0 Å². The number of methoxy groups -OCH3 is 1. The van der Waals surface area contributed by atoms with E-state index in [0.717, 1.165) is 29.8 Å². The molecule has 1 N–H and O–H groups in total. The van der Waals surface area contributed by atoms with Crippen LogP contribution in [0.1, 0.15) is 24.5 Å². The van der Waals surface area contributed by atoms with E-state index < -0.39 is 0 Å². The van der Waals surface area contributed by atoms with Crippen LogP contribution < -0.4 is 14.8 Å². The molecule has 0 aliphatic carbocycles. The third kappa shape index (κ3) is 5.94. The fraction of sp³-hybridized carbons (Fsp3) is 0.333.